The Bertz CT molecular complexity index is 711. The first-order valence-corrected chi connectivity index (χ1v) is 6.26. The van der Waals surface area contributed by atoms with Crippen LogP contribution in [0.2, 0.25) is 0 Å². The Morgan fingerprint density at radius 2 is 1.81 bits per heavy atom. The molecular weight excluding hydrogens is 282 g/mol. The van der Waals surface area contributed by atoms with Crippen molar-refractivity contribution in [3.05, 3.63) is 58.9 Å². The van der Waals surface area contributed by atoms with Crippen LogP contribution in [0.4, 0.5) is 17.6 Å². The number of benzene rings is 2. The Balaban J connectivity index is 2.70. The third-order valence-corrected chi connectivity index (χ3v) is 3.15. The first-order chi connectivity index (χ1) is 9.85. The van der Waals surface area contributed by atoms with Gasteiger partial charge in [0.1, 0.15) is 5.82 Å². The highest BCUT2D eigenvalue weighted by molar-refractivity contribution is 5.70. The van der Waals surface area contributed by atoms with Gasteiger partial charge in [-0.3, -0.25) is 0 Å². The molecule has 108 valence electrons. The third kappa shape index (κ3) is 3.22. The standard InChI is InChI=1S/C16H11F4N/c1-2-11-3-4-14(17)8-15(11)12-5-10(9-21)6-13(7-12)16(18,19)20/h3-8H,2H2,1H3. The monoisotopic (exact) mass is 293 g/mol. The molecule has 0 aliphatic rings. The van der Waals surface area contributed by atoms with Gasteiger partial charge in [0, 0.05) is 0 Å². The molecule has 0 spiro atoms. The molecule has 0 bridgehead atoms. The van der Waals surface area contributed by atoms with Crippen LogP contribution in [-0.4, -0.2) is 0 Å². The molecule has 0 heterocycles. The molecule has 0 aliphatic carbocycles. The highest BCUT2D eigenvalue weighted by Crippen LogP contribution is 2.34. The van der Waals surface area contributed by atoms with Gasteiger partial charge in [0.25, 0.3) is 0 Å². The van der Waals surface area contributed by atoms with Gasteiger partial charge in [0.2, 0.25) is 0 Å². The molecule has 0 saturated heterocycles. The number of rotatable bonds is 2. The van der Waals surface area contributed by atoms with Gasteiger partial charge in [-0.25, -0.2) is 4.39 Å². The fourth-order valence-electron chi connectivity index (χ4n) is 2.14. The van der Waals surface area contributed by atoms with E-state index >= 15 is 0 Å². The van der Waals surface area contributed by atoms with Crippen molar-refractivity contribution in [2.45, 2.75) is 19.5 Å². The molecule has 0 saturated carbocycles. The average Bonchev–Trinajstić information content (AvgIpc) is 2.45. The molecule has 0 unspecified atom stereocenters. The summed E-state index contributed by atoms with van der Waals surface area (Å²) in [6.45, 7) is 1.83. The lowest BCUT2D eigenvalue weighted by Gasteiger charge is -2.12. The van der Waals surface area contributed by atoms with E-state index < -0.39 is 17.6 Å². The molecule has 0 aromatic heterocycles. The van der Waals surface area contributed by atoms with Crippen molar-refractivity contribution in [2.24, 2.45) is 0 Å². The first kappa shape index (κ1) is 15.0. The smallest absolute Gasteiger partial charge is 0.207 e. The van der Waals surface area contributed by atoms with E-state index in [4.69, 9.17) is 5.26 Å². The second kappa shape index (κ2) is 5.57. The maximum atomic E-state index is 13.4. The van der Waals surface area contributed by atoms with Crippen molar-refractivity contribution in [3.8, 4) is 17.2 Å². The van der Waals surface area contributed by atoms with E-state index in [-0.39, 0.29) is 11.1 Å². The summed E-state index contributed by atoms with van der Waals surface area (Å²) in [5.41, 5.74) is 0.270. The van der Waals surface area contributed by atoms with Gasteiger partial charge >= 0.3 is 6.18 Å². The van der Waals surface area contributed by atoms with Gasteiger partial charge < -0.3 is 0 Å². The molecule has 0 fully saturated rings. The van der Waals surface area contributed by atoms with Crippen LogP contribution in [0.5, 0.6) is 0 Å². The number of hydrogen-bond acceptors (Lipinski definition) is 1. The molecule has 0 aliphatic heterocycles. The normalized spacial score (nSPS) is 11.2. The van der Waals surface area contributed by atoms with Crippen LogP contribution in [0.1, 0.15) is 23.6 Å². The minimum Gasteiger partial charge on any atom is -0.207 e. The van der Waals surface area contributed by atoms with Crippen LogP contribution in [0.15, 0.2) is 36.4 Å². The largest absolute Gasteiger partial charge is 0.416 e. The van der Waals surface area contributed by atoms with Crippen molar-refractivity contribution >= 4 is 0 Å². The van der Waals surface area contributed by atoms with Gasteiger partial charge in [-0.1, -0.05) is 13.0 Å². The van der Waals surface area contributed by atoms with Gasteiger partial charge in [0.15, 0.2) is 0 Å². The second-order valence-corrected chi connectivity index (χ2v) is 4.56. The average molecular weight is 293 g/mol. The lowest BCUT2D eigenvalue weighted by molar-refractivity contribution is -0.137. The Morgan fingerprint density at radius 1 is 1.10 bits per heavy atom. The summed E-state index contributed by atoms with van der Waals surface area (Å²) in [5, 5.41) is 8.89. The summed E-state index contributed by atoms with van der Waals surface area (Å²) in [7, 11) is 0. The number of aryl methyl sites for hydroxylation is 1. The summed E-state index contributed by atoms with van der Waals surface area (Å²) in [5.74, 6) is -0.530. The lowest BCUT2D eigenvalue weighted by Crippen LogP contribution is -2.06. The summed E-state index contributed by atoms with van der Waals surface area (Å²) in [4.78, 5) is 0. The number of halogens is 4. The summed E-state index contributed by atoms with van der Waals surface area (Å²) in [6, 6.07) is 8.76. The Labute approximate surface area is 119 Å². The molecule has 0 N–H and O–H groups in total. The SMILES string of the molecule is CCc1ccc(F)cc1-c1cc(C#N)cc(C(F)(F)F)c1. The van der Waals surface area contributed by atoms with Crippen molar-refractivity contribution in [3.63, 3.8) is 0 Å². The predicted octanol–water partition coefficient (Wildman–Crippen LogP) is 4.95. The molecular formula is C16H11F4N. The molecule has 0 radical (unpaired) electrons. The highest BCUT2D eigenvalue weighted by Gasteiger charge is 2.31. The van der Waals surface area contributed by atoms with E-state index in [2.05, 4.69) is 0 Å². The van der Waals surface area contributed by atoms with E-state index in [1.807, 2.05) is 6.92 Å². The topological polar surface area (TPSA) is 23.8 Å². The molecule has 5 heteroatoms. The third-order valence-electron chi connectivity index (χ3n) is 3.15. The van der Waals surface area contributed by atoms with Crippen LogP contribution in [0.25, 0.3) is 11.1 Å². The zero-order chi connectivity index (χ0) is 15.6. The fraction of sp³-hybridized carbons (Fsp3) is 0.188. The van der Waals surface area contributed by atoms with E-state index in [1.165, 1.54) is 24.3 Å². The van der Waals surface area contributed by atoms with E-state index in [0.29, 0.717) is 12.0 Å². The van der Waals surface area contributed by atoms with Gasteiger partial charge in [-0.05, 0) is 53.4 Å². The van der Waals surface area contributed by atoms with Crippen molar-refractivity contribution in [1.29, 1.82) is 5.26 Å². The molecule has 1 nitrogen and oxygen atoms in total. The molecule has 2 aromatic rings. The number of nitrogens with zero attached hydrogens (tertiary/aromatic N) is 1. The van der Waals surface area contributed by atoms with Gasteiger partial charge in [0.05, 0.1) is 17.2 Å². The van der Waals surface area contributed by atoms with Crippen molar-refractivity contribution in [1.82, 2.24) is 0 Å². The van der Waals surface area contributed by atoms with Crippen LogP contribution < -0.4 is 0 Å². The molecule has 2 aromatic carbocycles. The van der Waals surface area contributed by atoms with Gasteiger partial charge in [-0.15, -0.1) is 0 Å². The summed E-state index contributed by atoms with van der Waals surface area (Å²) < 4.78 is 52.0. The van der Waals surface area contributed by atoms with Crippen LogP contribution >= 0.6 is 0 Å². The zero-order valence-electron chi connectivity index (χ0n) is 11.1. The second-order valence-electron chi connectivity index (χ2n) is 4.56. The van der Waals surface area contributed by atoms with E-state index in [1.54, 1.807) is 6.07 Å². The van der Waals surface area contributed by atoms with E-state index in [9.17, 15) is 17.6 Å². The molecule has 2 rings (SSSR count). The first-order valence-electron chi connectivity index (χ1n) is 6.26. The van der Waals surface area contributed by atoms with E-state index in [0.717, 1.165) is 17.7 Å². The zero-order valence-corrected chi connectivity index (χ0v) is 11.1. The summed E-state index contributed by atoms with van der Waals surface area (Å²) in [6.07, 6.45) is -4.00. The quantitative estimate of drug-likeness (QED) is 0.719. The predicted molar refractivity (Wildman–Crippen MR) is 70.9 cm³/mol. The Hall–Kier alpha value is -2.35. The fourth-order valence-corrected chi connectivity index (χ4v) is 2.14. The minimum atomic E-state index is -4.55. The molecule has 0 amide bonds. The lowest BCUT2D eigenvalue weighted by atomic mass is 9.95. The van der Waals surface area contributed by atoms with Gasteiger partial charge in [-0.2, -0.15) is 18.4 Å². The summed E-state index contributed by atoms with van der Waals surface area (Å²) >= 11 is 0. The number of alkyl halides is 3. The Kier molecular flexibility index (Phi) is 3.99. The van der Waals surface area contributed by atoms with Crippen molar-refractivity contribution in [2.75, 3.05) is 0 Å². The van der Waals surface area contributed by atoms with Crippen molar-refractivity contribution < 1.29 is 17.6 Å². The number of hydrogen-bond donors (Lipinski definition) is 0. The van der Waals surface area contributed by atoms with Crippen LogP contribution in [0, 0.1) is 17.1 Å². The maximum Gasteiger partial charge on any atom is 0.416 e. The molecule has 21 heavy (non-hydrogen) atoms. The minimum absolute atomic E-state index is 0.105. The van der Waals surface area contributed by atoms with Crippen LogP contribution in [-0.2, 0) is 12.6 Å². The Morgan fingerprint density at radius 3 is 2.38 bits per heavy atom. The molecule has 0 atom stereocenters. The number of nitriles is 1. The maximum absolute atomic E-state index is 13.4. The highest BCUT2D eigenvalue weighted by atomic mass is 19.4. The van der Waals surface area contributed by atoms with Crippen LogP contribution in [0.3, 0.4) is 0 Å².